The van der Waals surface area contributed by atoms with Crippen molar-refractivity contribution in [2.75, 3.05) is 25.5 Å². The molecule has 1 atom stereocenters. The van der Waals surface area contributed by atoms with Crippen molar-refractivity contribution in [3.63, 3.8) is 0 Å². The molecule has 0 aromatic heterocycles. The third-order valence-electron chi connectivity index (χ3n) is 3.15. The maximum atomic E-state index is 12.0. The van der Waals surface area contributed by atoms with Crippen molar-refractivity contribution in [2.24, 2.45) is 5.92 Å². The van der Waals surface area contributed by atoms with Crippen LogP contribution in [0.1, 0.15) is 19.4 Å². The quantitative estimate of drug-likeness (QED) is 0.748. The van der Waals surface area contributed by atoms with Crippen LogP contribution in [0.3, 0.4) is 0 Å². The number of urea groups is 1. The minimum Gasteiger partial charge on any atom is -0.481 e. The van der Waals surface area contributed by atoms with Crippen LogP contribution in [-0.4, -0.2) is 48.2 Å². The van der Waals surface area contributed by atoms with Crippen molar-refractivity contribution < 1.29 is 24.2 Å². The number of carbonyl (C=O) groups is 3. The van der Waals surface area contributed by atoms with Crippen LogP contribution in [0.25, 0.3) is 0 Å². The van der Waals surface area contributed by atoms with E-state index in [0.717, 1.165) is 5.56 Å². The monoisotopic (exact) mass is 322 g/mol. The minimum atomic E-state index is -0.957. The fourth-order valence-electron chi connectivity index (χ4n) is 1.93. The molecule has 7 heteroatoms. The largest absolute Gasteiger partial charge is 0.481 e. The van der Waals surface area contributed by atoms with E-state index in [2.05, 4.69) is 5.32 Å². The molecule has 0 heterocycles. The van der Waals surface area contributed by atoms with Crippen LogP contribution in [-0.2, 0) is 20.7 Å². The van der Waals surface area contributed by atoms with E-state index >= 15 is 0 Å². The molecule has 7 nitrogen and oxygen atoms in total. The van der Waals surface area contributed by atoms with Crippen molar-refractivity contribution in [1.29, 1.82) is 0 Å². The Labute approximate surface area is 135 Å². The smallest absolute Gasteiger partial charge is 0.321 e. The Morgan fingerprint density at radius 2 is 2.04 bits per heavy atom. The highest BCUT2D eigenvalue weighted by atomic mass is 16.5. The number of carbonyl (C=O) groups excluding carboxylic acids is 2. The highest BCUT2D eigenvalue weighted by molar-refractivity contribution is 5.89. The number of rotatable bonds is 7. The summed E-state index contributed by atoms with van der Waals surface area (Å²) in [6.07, 6.45) is 0.128. The molecule has 2 amide bonds. The summed E-state index contributed by atoms with van der Waals surface area (Å²) < 4.78 is 4.88. The van der Waals surface area contributed by atoms with Gasteiger partial charge in [0.2, 0.25) is 0 Å². The van der Waals surface area contributed by atoms with Gasteiger partial charge in [0.15, 0.2) is 0 Å². The number of nitrogens with zero attached hydrogens (tertiary/aromatic N) is 1. The SMILES string of the molecule is CCOC(=O)Cc1cccc(NC(=O)N(C)CC(C)C(=O)O)c1. The Morgan fingerprint density at radius 3 is 2.65 bits per heavy atom. The lowest BCUT2D eigenvalue weighted by atomic mass is 10.1. The van der Waals surface area contributed by atoms with Gasteiger partial charge in [-0.25, -0.2) is 4.79 Å². The predicted octanol–water partition coefficient (Wildman–Crippen LogP) is 1.98. The summed E-state index contributed by atoms with van der Waals surface area (Å²) >= 11 is 0. The van der Waals surface area contributed by atoms with Crippen molar-refractivity contribution in [1.82, 2.24) is 4.90 Å². The van der Waals surface area contributed by atoms with Crippen LogP contribution >= 0.6 is 0 Å². The number of anilines is 1. The summed E-state index contributed by atoms with van der Waals surface area (Å²) in [5, 5.41) is 11.5. The summed E-state index contributed by atoms with van der Waals surface area (Å²) in [5.74, 6) is -1.94. The van der Waals surface area contributed by atoms with Gasteiger partial charge < -0.3 is 20.1 Å². The lowest BCUT2D eigenvalue weighted by Gasteiger charge is -2.20. The number of benzene rings is 1. The molecule has 0 saturated carbocycles. The summed E-state index contributed by atoms with van der Waals surface area (Å²) in [7, 11) is 1.53. The molecule has 1 unspecified atom stereocenters. The molecule has 1 aromatic carbocycles. The molecule has 1 aromatic rings. The molecule has 0 saturated heterocycles. The van der Waals surface area contributed by atoms with Gasteiger partial charge in [-0.2, -0.15) is 0 Å². The van der Waals surface area contributed by atoms with Crippen LogP contribution in [0.15, 0.2) is 24.3 Å². The highest BCUT2D eigenvalue weighted by Gasteiger charge is 2.17. The predicted molar refractivity (Wildman–Crippen MR) is 85.2 cm³/mol. The molecular formula is C16H22N2O5. The van der Waals surface area contributed by atoms with E-state index in [9.17, 15) is 14.4 Å². The van der Waals surface area contributed by atoms with E-state index in [4.69, 9.17) is 9.84 Å². The molecular weight excluding hydrogens is 300 g/mol. The average Bonchev–Trinajstić information content (AvgIpc) is 2.47. The van der Waals surface area contributed by atoms with Crippen LogP contribution in [0, 0.1) is 5.92 Å². The first kappa shape index (κ1) is 18.5. The first-order valence-corrected chi connectivity index (χ1v) is 7.33. The Morgan fingerprint density at radius 1 is 1.35 bits per heavy atom. The first-order valence-electron chi connectivity index (χ1n) is 7.33. The summed E-state index contributed by atoms with van der Waals surface area (Å²) in [6.45, 7) is 3.69. The molecule has 2 N–H and O–H groups in total. The average molecular weight is 322 g/mol. The molecule has 126 valence electrons. The highest BCUT2D eigenvalue weighted by Crippen LogP contribution is 2.13. The fraction of sp³-hybridized carbons (Fsp3) is 0.438. The maximum Gasteiger partial charge on any atom is 0.321 e. The zero-order valence-electron chi connectivity index (χ0n) is 13.5. The van der Waals surface area contributed by atoms with E-state index in [1.807, 2.05) is 0 Å². The lowest BCUT2D eigenvalue weighted by molar-refractivity contribution is -0.142. The molecule has 0 bridgehead atoms. The number of nitrogens with one attached hydrogen (secondary N) is 1. The summed E-state index contributed by atoms with van der Waals surface area (Å²) in [6, 6.07) is 6.46. The molecule has 0 radical (unpaired) electrons. The first-order chi connectivity index (χ1) is 10.8. The lowest BCUT2D eigenvalue weighted by Crippen LogP contribution is -2.36. The third kappa shape index (κ3) is 6.37. The number of hydrogen-bond donors (Lipinski definition) is 2. The normalized spacial score (nSPS) is 11.4. The second-order valence-corrected chi connectivity index (χ2v) is 5.23. The summed E-state index contributed by atoms with van der Waals surface area (Å²) in [5.41, 5.74) is 1.26. The topological polar surface area (TPSA) is 95.9 Å². The van der Waals surface area contributed by atoms with Crippen molar-refractivity contribution in [3.05, 3.63) is 29.8 Å². The number of carboxylic acids is 1. The van der Waals surface area contributed by atoms with Gasteiger partial charge in [-0.3, -0.25) is 9.59 Å². The van der Waals surface area contributed by atoms with Crippen LogP contribution in [0.5, 0.6) is 0 Å². The van der Waals surface area contributed by atoms with E-state index in [1.54, 1.807) is 31.2 Å². The molecule has 1 rings (SSSR count). The Bertz CT molecular complexity index is 573. The van der Waals surface area contributed by atoms with E-state index in [-0.39, 0.29) is 18.9 Å². The van der Waals surface area contributed by atoms with Gasteiger partial charge in [-0.1, -0.05) is 19.1 Å². The second-order valence-electron chi connectivity index (χ2n) is 5.23. The minimum absolute atomic E-state index is 0.101. The Hall–Kier alpha value is -2.57. The van der Waals surface area contributed by atoms with Crippen LogP contribution < -0.4 is 5.32 Å². The molecule has 23 heavy (non-hydrogen) atoms. The van der Waals surface area contributed by atoms with Gasteiger partial charge in [-0.15, -0.1) is 0 Å². The van der Waals surface area contributed by atoms with Crippen LogP contribution in [0.4, 0.5) is 10.5 Å². The van der Waals surface area contributed by atoms with E-state index in [0.29, 0.717) is 12.3 Å². The van der Waals surface area contributed by atoms with Crippen LogP contribution in [0.2, 0.25) is 0 Å². The maximum absolute atomic E-state index is 12.0. The molecule has 0 aliphatic carbocycles. The molecule has 0 aliphatic rings. The Kier molecular flexibility index (Phi) is 7.05. The van der Waals surface area contributed by atoms with Gasteiger partial charge >= 0.3 is 18.0 Å². The summed E-state index contributed by atoms with van der Waals surface area (Å²) in [4.78, 5) is 35.6. The fourth-order valence-corrected chi connectivity index (χ4v) is 1.93. The van der Waals surface area contributed by atoms with Crippen molar-refractivity contribution in [3.8, 4) is 0 Å². The van der Waals surface area contributed by atoms with Gasteiger partial charge in [-0.05, 0) is 24.6 Å². The number of amides is 2. The second kappa shape index (κ2) is 8.77. The number of ether oxygens (including phenoxy) is 1. The van der Waals surface area contributed by atoms with E-state index < -0.39 is 17.9 Å². The Balaban J connectivity index is 2.64. The number of hydrogen-bond acceptors (Lipinski definition) is 4. The molecule has 0 spiro atoms. The van der Waals surface area contributed by atoms with Gasteiger partial charge in [0.25, 0.3) is 0 Å². The zero-order chi connectivity index (χ0) is 17.4. The van der Waals surface area contributed by atoms with Crippen molar-refractivity contribution in [2.45, 2.75) is 20.3 Å². The third-order valence-corrected chi connectivity index (χ3v) is 3.15. The van der Waals surface area contributed by atoms with Gasteiger partial charge in [0.05, 0.1) is 18.9 Å². The van der Waals surface area contributed by atoms with Gasteiger partial charge in [0.1, 0.15) is 0 Å². The number of carboxylic acid groups (broad SMARTS) is 1. The number of esters is 1. The molecule has 0 aliphatic heterocycles. The van der Waals surface area contributed by atoms with E-state index in [1.165, 1.54) is 18.9 Å². The standard InChI is InChI=1S/C16H22N2O5/c1-4-23-14(19)9-12-6-5-7-13(8-12)17-16(22)18(3)10-11(2)15(20)21/h5-8,11H,4,9-10H2,1-3H3,(H,17,22)(H,20,21). The zero-order valence-corrected chi connectivity index (χ0v) is 13.5. The number of aliphatic carboxylic acids is 1. The molecule has 0 fully saturated rings. The van der Waals surface area contributed by atoms with Crippen molar-refractivity contribution >= 4 is 23.7 Å². The van der Waals surface area contributed by atoms with Gasteiger partial charge in [0, 0.05) is 19.3 Å².